The Morgan fingerprint density at radius 1 is 1.14 bits per heavy atom. The fraction of sp³-hybridized carbons (Fsp3) is 0.167. The summed E-state index contributed by atoms with van der Waals surface area (Å²) < 4.78 is 41.5. The fourth-order valence-corrected chi connectivity index (χ4v) is 2.37. The second-order valence-corrected chi connectivity index (χ2v) is 5.74. The first-order chi connectivity index (χ1) is 13.3. The van der Waals surface area contributed by atoms with Gasteiger partial charge < -0.3 is 15.2 Å². The SMILES string of the molecule is O=C(Nc1ccc(OC(F)(F)F)cc1)c1ncn(C[C@@H](O)c2ccccc2)n1. The van der Waals surface area contributed by atoms with Gasteiger partial charge in [0.05, 0.1) is 12.6 Å². The quantitative estimate of drug-likeness (QED) is 0.673. The number of ether oxygens (including phenoxy) is 1. The van der Waals surface area contributed by atoms with E-state index < -0.39 is 24.1 Å². The Kier molecular flexibility index (Phi) is 5.59. The number of aliphatic hydroxyl groups excluding tert-OH is 1. The second kappa shape index (κ2) is 8.09. The van der Waals surface area contributed by atoms with E-state index in [9.17, 15) is 23.1 Å². The van der Waals surface area contributed by atoms with Crippen LogP contribution in [0.1, 0.15) is 22.3 Å². The van der Waals surface area contributed by atoms with Crippen LogP contribution >= 0.6 is 0 Å². The molecule has 0 fully saturated rings. The highest BCUT2D eigenvalue weighted by atomic mass is 19.4. The number of carbonyl (C=O) groups is 1. The Hall–Kier alpha value is -3.40. The van der Waals surface area contributed by atoms with Crippen molar-refractivity contribution in [2.75, 3.05) is 5.32 Å². The lowest BCUT2D eigenvalue weighted by atomic mass is 10.1. The fourth-order valence-electron chi connectivity index (χ4n) is 2.37. The monoisotopic (exact) mass is 392 g/mol. The predicted molar refractivity (Wildman–Crippen MR) is 92.5 cm³/mol. The minimum absolute atomic E-state index is 0.105. The lowest BCUT2D eigenvalue weighted by Gasteiger charge is -2.10. The van der Waals surface area contributed by atoms with Crippen LogP contribution in [0.25, 0.3) is 0 Å². The average Bonchev–Trinajstić information content (AvgIpc) is 3.11. The molecule has 2 aromatic carbocycles. The number of anilines is 1. The van der Waals surface area contributed by atoms with E-state index in [4.69, 9.17) is 0 Å². The van der Waals surface area contributed by atoms with Gasteiger partial charge in [-0.05, 0) is 29.8 Å². The van der Waals surface area contributed by atoms with Gasteiger partial charge in [-0.2, -0.15) is 0 Å². The molecule has 0 radical (unpaired) electrons. The maximum Gasteiger partial charge on any atom is 0.573 e. The Bertz CT molecular complexity index is 927. The van der Waals surface area contributed by atoms with Crippen LogP contribution < -0.4 is 10.1 Å². The molecule has 1 aromatic heterocycles. The molecular formula is C18H15F3N4O3. The topological polar surface area (TPSA) is 89.3 Å². The minimum Gasteiger partial charge on any atom is -0.406 e. The summed E-state index contributed by atoms with van der Waals surface area (Å²) in [6, 6.07) is 13.6. The zero-order valence-electron chi connectivity index (χ0n) is 14.3. The molecule has 0 unspecified atom stereocenters. The summed E-state index contributed by atoms with van der Waals surface area (Å²) in [4.78, 5) is 16.1. The zero-order valence-corrected chi connectivity index (χ0v) is 14.3. The summed E-state index contributed by atoms with van der Waals surface area (Å²) in [5.41, 5.74) is 0.949. The molecular weight excluding hydrogens is 377 g/mol. The van der Waals surface area contributed by atoms with E-state index in [1.165, 1.54) is 23.1 Å². The van der Waals surface area contributed by atoms with Gasteiger partial charge in [0.25, 0.3) is 5.91 Å². The van der Waals surface area contributed by atoms with E-state index in [1.807, 2.05) is 6.07 Å². The number of aromatic nitrogens is 3. The standard InChI is InChI=1S/C18H15F3N4O3/c19-18(20,21)28-14-8-6-13(7-9-14)23-17(27)16-22-11-25(24-16)10-15(26)12-4-2-1-3-5-12/h1-9,11,15,26H,10H2,(H,23,27)/t15-/m1/s1. The number of hydrogen-bond donors (Lipinski definition) is 2. The number of halogens is 3. The van der Waals surface area contributed by atoms with Gasteiger partial charge >= 0.3 is 6.36 Å². The molecule has 3 rings (SSSR count). The summed E-state index contributed by atoms with van der Waals surface area (Å²) in [5.74, 6) is -1.18. The maximum absolute atomic E-state index is 12.2. The molecule has 1 atom stereocenters. The molecule has 0 aliphatic rings. The minimum atomic E-state index is -4.79. The van der Waals surface area contributed by atoms with E-state index in [-0.39, 0.29) is 18.1 Å². The predicted octanol–water partition coefficient (Wildman–Crippen LogP) is 3.16. The van der Waals surface area contributed by atoms with E-state index in [0.717, 1.165) is 12.1 Å². The number of alkyl halides is 3. The third-order valence-electron chi connectivity index (χ3n) is 3.63. The van der Waals surface area contributed by atoms with Gasteiger partial charge in [0, 0.05) is 5.69 Å². The van der Waals surface area contributed by atoms with Gasteiger partial charge in [-0.25, -0.2) is 9.67 Å². The molecule has 10 heteroatoms. The van der Waals surface area contributed by atoms with Crippen molar-refractivity contribution >= 4 is 11.6 Å². The lowest BCUT2D eigenvalue weighted by molar-refractivity contribution is -0.274. The average molecular weight is 392 g/mol. The van der Waals surface area contributed by atoms with Gasteiger partial charge in [0.1, 0.15) is 12.1 Å². The molecule has 2 N–H and O–H groups in total. The van der Waals surface area contributed by atoms with Crippen molar-refractivity contribution < 1.29 is 27.8 Å². The highest BCUT2D eigenvalue weighted by molar-refractivity contribution is 6.01. The van der Waals surface area contributed by atoms with E-state index in [0.29, 0.717) is 5.56 Å². The summed E-state index contributed by atoms with van der Waals surface area (Å²) in [6.45, 7) is 0.105. The smallest absolute Gasteiger partial charge is 0.406 e. The molecule has 0 saturated heterocycles. The number of nitrogens with zero attached hydrogens (tertiary/aromatic N) is 3. The van der Waals surface area contributed by atoms with Gasteiger partial charge in [-0.1, -0.05) is 30.3 Å². The Balaban J connectivity index is 1.59. The molecule has 0 spiro atoms. The van der Waals surface area contributed by atoms with Crippen molar-refractivity contribution in [3.05, 3.63) is 72.3 Å². The van der Waals surface area contributed by atoms with Crippen molar-refractivity contribution in [3.8, 4) is 5.75 Å². The summed E-state index contributed by atoms with van der Waals surface area (Å²) >= 11 is 0. The first-order valence-electron chi connectivity index (χ1n) is 8.10. The van der Waals surface area contributed by atoms with Crippen molar-refractivity contribution in [3.63, 3.8) is 0 Å². The zero-order chi connectivity index (χ0) is 20.1. The van der Waals surface area contributed by atoms with Crippen molar-refractivity contribution in [2.45, 2.75) is 19.0 Å². The molecule has 0 bridgehead atoms. The highest BCUT2D eigenvalue weighted by Crippen LogP contribution is 2.24. The van der Waals surface area contributed by atoms with Crippen LogP contribution in [-0.4, -0.2) is 32.1 Å². The van der Waals surface area contributed by atoms with Crippen LogP contribution in [0.4, 0.5) is 18.9 Å². The largest absolute Gasteiger partial charge is 0.573 e. The number of rotatable bonds is 6. The maximum atomic E-state index is 12.2. The molecule has 146 valence electrons. The van der Waals surface area contributed by atoms with Crippen LogP contribution in [0.3, 0.4) is 0 Å². The Morgan fingerprint density at radius 3 is 2.46 bits per heavy atom. The second-order valence-electron chi connectivity index (χ2n) is 5.74. The number of amides is 1. The van der Waals surface area contributed by atoms with Crippen LogP contribution in [-0.2, 0) is 6.54 Å². The van der Waals surface area contributed by atoms with Gasteiger partial charge in [-0.15, -0.1) is 18.3 Å². The molecule has 0 aliphatic carbocycles. The molecule has 3 aromatic rings. The third kappa shape index (κ3) is 5.30. The third-order valence-corrected chi connectivity index (χ3v) is 3.63. The summed E-state index contributed by atoms with van der Waals surface area (Å²) in [7, 11) is 0. The van der Waals surface area contributed by atoms with Gasteiger partial charge in [0.2, 0.25) is 5.82 Å². The number of hydrogen-bond acceptors (Lipinski definition) is 5. The Morgan fingerprint density at radius 2 is 1.82 bits per heavy atom. The molecule has 1 amide bonds. The van der Waals surface area contributed by atoms with Gasteiger partial charge in [-0.3, -0.25) is 4.79 Å². The first-order valence-corrected chi connectivity index (χ1v) is 8.10. The molecule has 0 aliphatic heterocycles. The van der Waals surface area contributed by atoms with Gasteiger partial charge in [0.15, 0.2) is 0 Å². The van der Waals surface area contributed by atoms with Crippen LogP contribution in [0.2, 0.25) is 0 Å². The molecule has 7 nitrogen and oxygen atoms in total. The van der Waals surface area contributed by atoms with Crippen molar-refractivity contribution in [1.29, 1.82) is 0 Å². The van der Waals surface area contributed by atoms with E-state index in [2.05, 4.69) is 20.1 Å². The van der Waals surface area contributed by atoms with Crippen molar-refractivity contribution in [2.24, 2.45) is 0 Å². The Labute approximate surface area is 157 Å². The molecule has 1 heterocycles. The van der Waals surface area contributed by atoms with Crippen LogP contribution in [0, 0.1) is 0 Å². The number of benzene rings is 2. The van der Waals surface area contributed by atoms with Crippen LogP contribution in [0.15, 0.2) is 60.9 Å². The molecule has 28 heavy (non-hydrogen) atoms. The van der Waals surface area contributed by atoms with E-state index >= 15 is 0 Å². The number of carbonyl (C=O) groups excluding carboxylic acids is 1. The first kappa shape index (κ1) is 19.4. The van der Waals surface area contributed by atoms with Crippen LogP contribution in [0.5, 0.6) is 5.75 Å². The molecule has 0 saturated carbocycles. The number of aliphatic hydroxyl groups is 1. The highest BCUT2D eigenvalue weighted by Gasteiger charge is 2.31. The summed E-state index contributed by atoms with van der Waals surface area (Å²) in [5, 5.41) is 16.7. The van der Waals surface area contributed by atoms with E-state index in [1.54, 1.807) is 24.3 Å². The normalized spacial score (nSPS) is 12.4. The number of nitrogens with one attached hydrogen (secondary N) is 1. The lowest BCUT2D eigenvalue weighted by Crippen LogP contribution is -2.17. The summed E-state index contributed by atoms with van der Waals surface area (Å²) in [6.07, 6.45) is -4.30. The van der Waals surface area contributed by atoms with Crippen molar-refractivity contribution in [1.82, 2.24) is 14.8 Å².